The van der Waals surface area contributed by atoms with Gasteiger partial charge in [-0.3, -0.25) is 9.36 Å². The van der Waals surface area contributed by atoms with Crippen LogP contribution in [-0.2, 0) is 17.9 Å². The van der Waals surface area contributed by atoms with E-state index in [0.29, 0.717) is 24.1 Å². The van der Waals surface area contributed by atoms with Crippen molar-refractivity contribution < 1.29 is 9.53 Å². The van der Waals surface area contributed by atoms with Crippen molar-refractivity contribution in [1.82, 2.24) is 20.1 Å². The van der Waals surface area contributed by atoms with Gasteiger partial charge in [0.2, 0.25) is 5.91 Å². The minimum atomic E-state index is -0.0491. The Hall–Kier alpha value is -2.80. The molecule has 0 saturated heterocycles. The molecule has 0 fully saturated rings. The van der Waals surface area contributed by atoms with Crippen molar-refractivity contribution in [3.05, 3.63) is 71.5 Å². The molecule has 140 valence electrons. The molecule has 0 aliphatic carbocycles. The number of thioether (sulfide) groups is 1. The lowest BCUT2D eigenvalue weighted by Gasteiger charge is -2.12. The Balaban J connectivity index is 1.80. The molecule has 3 aromatic rings. The molecule has 27 heavy (non-hydrogen) atoms. The van der Waals surface area contributed by atoms with Gasteiger partial charge in [0.05, 0.1) is 12.3 Å². The number of rotatable bonds is 8. The molecule has 0 unspecified atom stereocenters. The number of hydrogen-bond donors (Lipinski definition) is 1. The van der Waals surface area contributed by atoms with Crippen molar-refractivity contribution in [1.29, 1.82) is 0 Å². The number of nitrogens with zero attached hydrogens (tertiary/aromatic N) is 3. The van der Waals surface area contributed by atoms with Gasteiger partial charge in [0.15, 0.2) is 11.0 Å². The summed E-state index contributed by atoms with van der Waals surface area (Å²) in [6.45, 7) is 2.94. The third-order valence-corrected chi connectivity index (χ3v) is 5.01. The van der Waals surface area contributed by atoms with Crippen LogP contribution in [-0.4, -0.2) is 33.5 Å². The third kappa shape index (κ3) is 5.10. The highest BCUT2D eigenvalue weighted by atomic mass is 32.2. The molecule has 1 amide bonds. The summed E-state index contributed by atoms with van der Waals surface area (Å²) >= 11 is 1.37. The average Bonchev–Trinajstić information content (AvgIpc) is 3.07. The number of amides is 1. The topological polar surface area (TPSA) is 69.0 Å². The van der Waals surface area contributed by atoms with Gasteiger partial charge in [0.1, 0.15) is 12.4 Å². The Morgan fingerprint density at radius 3 is 2.59 bits per heavy atom. The van der Waals surface area contributed by atoms with Crippen LogP contribution >= 0.6 is 11.8 Å². The number of carbonyl (C=O) groups excluding carboxylic acids is 1. The molecule has 0 aliphatic heterocycles. The smallest absolute Gasteiger partial charge is 0.230 e. The van der Waals surface area contributed by atoms with E-state index in [1.54, 1.807) is 7.05 Å². The molecular weight excluding hydrogens is 360 g/mol. The molecule has 6 nitrogen and oxygen atoms in total. The molecule has 1 heterocycles. The Morgan fingerprint density at radius 2 is 1.85 bits per heavy atom. The van der Waals surface area contributed by atoms with Crippen molar-refractivity contribution in [3.8, 4) is 5.75 Å². The van der Waals surface area contributed by atoms with Gasteiger partial charge in [0, 0.05) is 7.05 Å². The highest BCUT2D eigenvalue weighted by Gasteiger charge is 2.15. The molecule has 1 aromatic heterocycles. The number of ether oxygens (including phenoxy) is 1. The molecule has 0 saturated carbocycles. The maximum atomic E-state index is 11.6. The minimum absolute atomic E-state index is 0.0491. The summed E-state index contributed by atoms with van der Waals surface area (Å²) in [4.78, 5) is 11.6. The quantitative estimate of drug-likeness (QED) is 0.607. The molecule has 7 heteroatoms. The summed E-state index contributed by atoms with van der Waals surface area (Å²) in [5, 5.41) is 11.9. The van der Waals surface area contributed by atoms with Crippen LogP contribution in [0, 0.1) is 6.92 Å². The molecule has 0 aliphatic rings. The van der Waals surface area contributed by atoms with Crippen LogP contribution in [0.15, 0.2) is 59.8 Å². The molecule has 0 atom stereocenters. The zero-order valence-electron chi connectivity index (χ0n) is 15.4. The number of hydrogen-bond acceptors (Lipinski definition) is 5. The summed E-state index contributed by atoms with van der Waals surface area (Å²) in [6.07, 6.45) is 0. The lowest BCUT2D eigenvalue weighted by Crippen LogP contribution is -2.20. The van der Waals surface area contributed by atoms with Crippen LogP contribution in [0.1, 0.15) is 17.0 Å². The Labute approximate surface area is 163 Å². The lowest BCUT2D eigenvalue weighted by atomic mass is 10.2. The van der Waals surface area contributed by atoms with Crippen LogP contribution in [0.4, 0.5) is 0 Å². The first-order valence-electron chi connectivity index (χ1n) is 8.65. The van der Waals surface area contributed by atoms with E-state index in [0.717, 1.165) is 22.7 Å². The number of aromatic nitrogens is 3. The second-order valence-corrected chi connectivity index (χ2v) is 6.93. The van der Waals surface area contributed by atoms with Gasteiger partial charge in [-0.15, -0.1) is 10.2 Å². The van der Waals surface area contributed by atoms with E-state index in [1.165, 1.54) is 11.8 Å². The zero-order chi connectivity index (χ0) is 19.1. The molecule has 1 N–H and O–H groups in total. The van der Waals surface area contributed by atoms with E-state index >= 15 is 0 Å². The van der Waals surface area contributed by atoms with Gasteiger partial charge in [-0.2, -0.15) is 0 Å². The highest BCUT2D eigenvalue weighted by molar-refractivity contribution is 7.99. The van der Waals surface area contributed by atoms with E-state index in [-0.39, 0.29) is 5.91 Å². The van der Waals surface area contributed by atoms with Crippen LogP contribution < -0.4 is 10.1 Å². The molecule has 2 aromatic carbocycles. The maximum Gasteiger partial charge on any atom is 0.230 e. The van der Waals surface area contributed by atoms with Crippen LogP contribution in [0.3, 0.4) is 0 Å². The predicted molar refractivity (Wildman–Crippen MR) is 106 cm³/mol. The van der Waals surface area contributed by atoms with Crippen LogP contribution in [0.25, 0.3) is 0 Å². The largest absolute Gasteiger partial charge is 0.485 e. The second kappa shape index (κ2) is 9.23. The number of aryl methyl sites for hydroxylation is 1. The van der Waals surface area contributed by atoms with Crippen molar-refractivity contribution in [2.75, 3.05) is 12.8 Å². The normalized spacial score (nSPS) is 10.6. The molecule has 0 bridgehead atoms. The highest BCUT2D eigenvalue weighted by Crippen LogP contribution is 2.21. The van der Waals surface area contributed by atoms with E-state index in [9.17, 15) is 4.79 Å². The van der Waals surface area contributed by atoms with E-state index in [4.69, 9.17) is 4.74 Å². The summed E-state index contributed by atoms with van der Waals surface area (Å²) in [5.74, 6) is 1.79. The summed E-state index contributed by atoms with van der Waals surface area (Å²) in [6, 6.07) is 18.0. The van der Waals surface area contributed by atoms with Crippen molar-refractivity contribution in [3.63, 3.8) is 0 Å². The first-order valence-corrected chi connectivity index (χ1v) is 9.63. The van der Waals surface area contributed by atoms with Crippen LogP contribution in [0.2, 0.25) is 0 Å². The summed E-state index contributed by atoms with van der Waals surface area (Å²) in [7, 11) is 1.62. The van der Waals surface area contributed by atoms with Crippen molar-refractivity contribution in [2.24, 2.45) is 0 Å². The molecule has 0 spiro atoms. The molecular formula is C20H22N4O2S. The Morgan fingerprint density at radius 1 is 1.11 bits per heavy atom. The fourth-order valence-electron chi connectivity index (χ4n) is 2.52. The standard InChI is InChI=1S/C20H22N4O2S/c1-15-8-6-7-11-17(15)26-13-18-22-23-20(27-14-19(25)21-2)24(18)12-16-9-4-3-5-10-16/h3-11H,12-14H2,1-2H3,(H,21,25). The van der Waals surface area contributed by atoms with Gasteiger partial charge in [-0.25, -0.2) is 0 Å². The summed E-state index contributed by atoms with van der Waals surface area (Å²) in [5.41, 5.74) is 2.21. The monoisotopic (exact) mass is 382 g/mol. The number of benzene rings is 2. The first-order chi connectivity index (χ1) is 13.2. The fraction of sp³-hybridized carbons (Fsp3) is 0.250. The Bertz CT molecular complexity index is 896. The van der Waals surface area contributed by atoms with Crippen LogP contribution in [0.5, 0.6) is 5.75 Å². The minimum Gasteiger partial charge on any atom is -0.485 e. The number of para-hydroxylation sites is 1. The van der Waals surface area contributed by atoms with E-state index in [2.05, 4.69) is 27.6 Å². The first kappa shape index (κ1) is 19.0. The van der Waals surface area contributed by atoms with Crippen molar-refractivity contribution in [2.45, 2.75) is 25.2 Å². The summed E-state index contributed by atoms with van der Waals surface area (Å²) < 4.78 is 7.95. The van der Waals surface area contributed by atoms with Gasteiger partial charge in [-0.05, 0) is 24.1 Å². The van der Waals surface area contributed by atoms with Gasteiger partial charge in [0.25, 0.3) is 0 Å². The zero-order valence-corrected chi connectivity index (χ0v) is 16.2. The lowest BCUT2D eigenvalue weighted by molar-refractivity contribution is -0.118. The Kier molecular flexibility index (Phi) is 6.49. The fourth-order valence-corrected chi connectivity index (χ4v) is 3.35. The van der Waals surface area contributed by atoms with Gasteiger partial charge >= 0.3 is 0 Å². The maximum absolute atomic E-state index is 11.6. The molecule has 3 rings (SSSR count). The van der Waals surface area contributed by atoms with Gasteiger partial charge in [-0.1, -0.05) is 60.3 Å². The average molecular weight is 382 g/mol. The number of carbonyl (C=O) groups is 1. The van der Waals surface area contributed by atoms with Crippen molar-refractivity contribution >= 4 is 17.7 Å². The van der Waals surface area contributed by atoms with Gasteiger partial charge < -0.3 is 10.1 Å². The van der Waals surface area contributed by atoms with E-state index < -0.39 is 0 Å². The second-order valence-electron chi connectivity index (χ2n) is 5.99. The predicted octanol–water partition coefficient (Wildman–Crippen LogP) is 3.05. The molecule has 0 radical (unpaired) electrons. The number of nitrogens with one attached hydrogen (secondary N) is 1. The SMILES string of the molecule is CNC(=O)CSc1nnc(COc2ccccc2C)n1Cc1ccccc1. The third-order valence-electron chi connectivity index (χ3n) is 4.04. The van der Waals surface area contributed by atoms with E-state index in [1.807, 2.05) is 54.0 Å².